The van der Waals surface area contributed by atoms with Crippen LogP contribution in [0.3, 0.4) is 0 Å². The molecule has 0 fully saturated rings. The molecule has 0 atom stereocenters. The minimum atomic E-state index is 0.132. The summed E-state index contributed by atoms with van der Waals surface area (Å²) in [5, 5.41) is 0.769. The summed E-state index contributed by atoms with van der Waals surface area (Å²) in [6.07, 6.45) is 2.93. The van der Waals surface area contributed by atoms with E-state index in [1.165, 1.54) is 5.56 Å². The Morgan fingerprint density at radius 3 is 3.12 bits per heavy atom. The molecule has 0 radical (unpaired) electrons. The first-order valence-corrected chi connectivity index (χ1v) is 5.82. The van der Waals surface area contributed by atoms with Gasteiger partial charge in [0.15, 0.2) is 0 Å². The lowest BCUT2D eigenvalue weighted by molar-refractivity contribution is 0.719. The van der Waals surface area contributed by atoms with Gasteiger partial charge >= 0.3 is 0 Å². The minimum Gasteiger partial charge on any atom is -0.296 e. The average molecular weight is 214 g/mol. The third-order valence-corrected chi connectivity index (χ3v) is 3.29. The number of rotatable bonds is 1. The van der Waals surface area contributed by atoms with Crippen LogP contribution in [0.5, 0.6) is 0 Å². The SMILES string of the molecule is CCc1ccc2nc3n(c(=O)c2c1)CCC3. The van der Waals surface area contributed by atoms with Crippen LogP contribution in [0.25, 0.3) is 10.9 Å². The number of aryl methyl sites for hydroxylation is 2. The molecule has 2 aromatic rings. The molecule has 0 N–H and O–H groups in total. The normalized spacial score (nSPS) is 14.3. The molecule has 3 heteroatoms. The predicted molar refractivity (Wildman–Crippen MR) is 63.7 cm³/mol. The largest absolute Gasteiger partial charge is 0.296 e. The summed E-state index contributed by atoms with van der Waals surface area (Å²) in [6.45, 7) is 2.92. The highest BCUT2D eigenvalue weighted by atomic mass is 16.1. The summed E-state index contributed by atoms with van der Waals surface area (Å²) in [6, 6.07) is 6.01. The van der Waals surface area contributed by atoms with E-state index in [9.17, 15) is 4.79 Å². The lowest BCUT2D eigenvalue weighted by Crippen LogP contribution is -2.20. The molecule has 0 amide bonds. The second-order valence-corrected chi connectivity index (χ2v) is 4.29. The highest BCUT2D eigenvalue weighted by Gasteiger charge is 2.15. The molecule has 0 aliphatic carbocycles. The number of hydrogen-bond acceptors (Lipinski definition) is 2. The van der Waals surface area contributed by atoms with E-state index in [4.69, 9.17) is 0 Å². The van der Waals surface area contributed by atoms with Gasteiger partial charge in [0.25, 0.3) is 5.56 Å². The molecule has 16 heavy (non-hydrogen) atoms. The van der Waals surface area contributed by atoms with Crippen molar-refractivity contribution >= 4 is 10.9 Å². The quantitative estimate of drug-likeness (QED) is 0.726. The van der Waals surface area contributed by atoms with Crippen molar-refractivity contribution in [1.29, 1.82) is 0 Å². The predicted octanol–water partition coefficient (Wildman–Crippen LogP) is 1.91. The van der Waals surface area contributed by atoms with Crippen molar-refractivity contribution in [3.05, 3.63) is 39.9 Å². The van der Waals surface area contributed by atoms with E-state index in [2.05, 4.69) is 18.0 Å². The van der Waals surface area contributed by atoms with Gasteiger partial charge in [-0.15, -0.1) is 0 Å². The van der Waals surface area contributed by atoms with Gasteiger partial charge in [-0.05, 0) is 30.5 Å². The monoisotopic (exact) mass is 214 g/mol. The van der Waals surface area contributed by atoms with Crippen LogP contribution in [0.1, 0.15) is 24.7 Å². The molecule has 3 rings (SSSR count). The van der Waals surface area contributed by atoms with Crippen molar-refractivity contribution in [3.8, 4) is 0 Å². The molecule has 3 nitrogen and oxygen atoms in total. The molecule has 82 valence electrons. The van der Waals surface area contributed by atoms with Crippen LogP contribution < -0.4 is 5.56 Å². The number of fused-ring (bicyclic) bond motifs is 2. The molecule has 0 saturated carbocycles. The number of benzene rings is 1. The fraction of sp³-hybridized carbons (Fsp3) is 0.385. The zero-order valence-electron chi connectivity index (χ0n) is 9.36. The second kappa shape index (κ2) is 3.44. The molecule has 2 heterocycles. The van der Waals surface area contributed by atoms with Gasteiger partial charge < -0.3 is 0 Å². The summed E-state index contributed by atoms with van der Waals surface area (Å²) in [7, 11) is 0. The van der Waals surface area contributed by atoms with E-state index in [1.807, 2.05) is 16.7 Å². The first-order valence-electron chi connectivity index (χ1n) is 5.82. The van der Waals surface area contributed by atoms with Crippen molar-refractivity contribution in [1.82, 2.24) is 9.55 Å². The van der Waals surface area contributed by atoms with E-state index < -0.39 is 0 Å². The highest BCUT2D eigenvalue weighted by Crippen LogP contribution is 2.16. The first-order chi connectivity index (χ1) is 7.79. The summed E-state index contributed by atoms with van der Waals surface area (Å²) >= 11 is 0. The number of nitrogens with zero attached hydrogens (tertiary/aromatic N) is 2. The van der Waals surface area contributed by atoms with Crippen LogP contribution in [0, 0.1) is 0 Å². The van der Waals surface area contributed by atoms with E-state index in [1.54, 1.807) is 0 Å². The van der Waals surface area contributed by atoms with Gasteiger partial charge in [0.1, 0.15) is 5.82 Å². The molecule has 1 aliphatic heterocycles. The van der Waals surface area contributed by atoms with Crippen LogP contribution in [0.4, 0.5) is 0 Å². The lowest BCUT2D eigenvalue weighted by Gasteiger charge is -2.05. The fourth-order valence-corrected chi connectivity index (χ4v) is 2.35. The van der Waals surface area contributed by atoms with Crippen LogP contribution in [0.15, 0.2) is 23.0 Å². The van der Waals surface area contributed by atoms with Crippen LogP contribution in [-0.4, -0.2) is 9.55 Å². The van der Waals surface area contributed by atoms with E-state index in [0.29, 0.717) is 0 Å². The molecule has 0 bridgehead atoms. The second-order valence-electron chi connectivity index (χ2n) is 4.29. The summed E-state index contributed by atoms with van der Waals surface area (Å²) in [5.74, 6) is 0.946. The fourth-order valence-electron chi connectivity index (χ4n) is 2.35. The third kappa shape index (κ3) is 1.28. The van der Waals surface area contributed by atoms with Gasteiger partial charge in [0.05, 0.1) is 10.9 Å². The Morgan fingerprint density at radius 2 is 2.31 bits per heavy atom. The van der Waals surface area contributed by atoms with Crippen LogP contribution >= 0.6 is 0 Å². The van der Waals surface area contributed by atoms with Gasteiger partial charge in [-0.1, -0.05) is 13.0 Å². The molecule has 1 aliphatic rings. The molecule has 0 saturated heterocycles. The Labute approximate surface area is 93.7 Å². The van der Waals surface area contributed by atoms with Gasteiger partial charge in [-0.2, -0.15) is 0 Å². The summed E-state index contributed by atoms with van der Waals surface area (Å²) in [5.41, 5.74) is 2.17. The molecule has 1 aromatic carbocycles. The smallest absolute Gasteiger partial charge is 0.261 e. The Kier molecular flexibility index (Phi) is 2.06. The van der Waals surface area contributed by atoms with Crippen molar-refractivity contribution in [3.63, 3.8) is 0 Å². The van der Waals surface area contributed by atoms with Crippen LogP contribution in [-0.2, 0) is 19.4 Å². The van der Waals surface area contributed by atoms with E-state index >= 15 is 0 Å². The average Bonchev–Trinajstić information content (AvgIpc) is 2.77. The standard InChI is InChI=1S/C13H14N2O/c1-2-9-5-6-11-10(8-9)13(16)15-7-3-4-12(15)14-11/h5-6,8H,2-4,7H2,1H3. The maximum absolute atomic E-state index is 12.2. The zero-order valence-corrected chi connectivity index (χ0v) is 9.36. The Balaban J connectivity index is 2.38. The Hall–Kier alpha value is -1.64. The lowest BCUT2D eigenvalue weighted by atomic mass is 10.1. The molecular formula is C13H14N2O. The van der Waals surface area contributed by atoms with Crippen LogP contribution in [0.2, 0.25) is 0 Å². The molecule has 0 unspecified atom stereocenters. The minimum absolute atomic E-state index is 0.132. The zero-order chi connectivity index (χ0) is 11.1. The van der Waals surface area contributed by atoms with Gasteiger partial charge in [-0.3, -0.25) is 9.36 Å². The maximum Gasteiger partial charge on any atom is 0.261 e. The van der Waals surface area contributed by atoms with E-state index in [-0.39, 0.29) is 5.56 Å². The Morgan fingerprint density at radius 1 is 1.44 bits per heavy atom. The topological polar surface area (TPSA) is 34.9 Å². The number of aromatic nitrogens is 2. The van der Waals surface area contributed by atoms with Crippen molar-refractivity contribution in [2.45, 2.75) is 32.7 Å². The molecule has 1 aromatic heterocycles. The van der Waals surface area contributed by atoms with Gasteiger partial charge in [-0.25, -0.2) is 4.98 Å². The van der Waals surface area contributed by atoms with Crippen molar-refractivity contribution in [2.75, 3.05) is 0 Å². The highest BCUT2D eigenvalue weighted by molar-refractivity contribution is 5.78. The maximum atomic E-state index is 12.2. The third-order valence-electron chi connectivity index (χ3n) is 3.29. The molecule has 0 spiro atoms. The van der Waals surface area contributed by atoms with Crippen molar-refractivity contribution in [2.24, 2.45) is 0 Å². The van der Waals surface area contributed by atoms with Gasteiger partial charge in [0, 0.05) is 13.0 Å². The first kappa shape index (κ1) is 9.58. The van der Waals surface area contributed by atoms with Gasteiger partial charge in [0.2, 0.25) is 0 Å². The Bertz CT molecular complexity index is 613. The molecular weight excluding hydrogens is 200 g/mol. The summed E-state index contributed by atoms with van der Waals surface area (Å²) < 4.78 is 1.82. The van der Waals surface area contributed by atoms with Crippen molar-refractivity contribution < 1.29 is 0 Å². The van der Waals surface area contributed by atoms with E-state index in [0.717, 1.165) is 42.5 Å². The summed E-state index contributed by atoms with van der Waals surface area (Å²) in [4.78, 5) is 16.8. The number of hydrogen-bond donors (Lipinski definition) is 0.